The van der Waals surface area contributed by atoms with Gasteiger partial charge in [0.2, 0.25) is 0 Å². The monoisotopic (exact) mass is 613 g/mol. The average Bonchev–Trinajstić information content (AvgIpc) is 3.44. The highest BCUT2D eigenvalue weighted by Crippen LogP contribution is 2.80. The zero-order chi connectivity index (χ0) is 31.2. The van der Waals surface area contributed by atoms with E-state index in [0.717, 1.165) is 13.0 Å². The second-order valence-corrected chi connectivity index (χ2v) is 14.1. The predicted molar refractivity (Wildman–Crippen MR) is 158 cm³/mol. The van der Waals surface area contributed by atoms with Crippen LogP contribution < -0.4 is 0 Å². The molecule has 6 aliphatic rings. The number of hydrogen-bond donors (Lipinski definition) is 1. The molecule has 6 fully saturated rings. The van der Waals surface area contributed by atoms with Crippen LogP contribution in [0.4, 0.5) is 0 Å². The van der Waals surface area contributed by atoms with E-state index in [-0.39, 0.29) is 65.9 Å². The molecular weight excluding hydrogens is 566 g/mol. The molecule has 10 nitrogen and oxygen atoms in total. The predicted octanol–water partition coefficient (Wildman–Crippen LogP) is 2.56. The van der Waals surface area contributed by atoms with Crippen molar-refractivity contribution in [1.29, 1.82) is 0 Å². The van der Waals surface area contributed by atoms with Crippen LogP contribution in [0.1, 0.15) is 43.5 Å². The highest BCUT2D eigenvalue weighted by molar-refractivity contribution is 5.89. The maximum absolute atomic E-state index is 13.7. The SMILES string of the molecule is CCN1C[C@]2(COC)[C@H](O)C[C@H](OC)C34C1C([C@H](OC)[C@@H]32)[C@@]1(OC(C)=O)C[C@H](OC)[C@H]2C[C@@H]4[C@@H]1[C@H]2OC(=O)c1ccccc1. The second-order valence-electron chi connectivity index (χ2n) is 14.1. The smallest absolute Gasteiger partial charge is 0.338 e. The number of methoxy groups -OCH3 is 4. The van der Waals surface area contributed by atoms with Gasteiger partial charge in [-0.05, 0) is 31.0 Å². The Bertz CT molecular complexity index is 1280. The van der Waals surface area contributed by atoms with Crippen molar-refractivity contribution in [3.05, 3.63) is 35.9 Å². The topological polar surface area (TPSA) is 113 Å². The maximum atomic E-state index is 13.7. The Balaban J connectivity index is 1.48. The number of carbonyl (C=O) groups is 2. The average molecular weight is 614 g/mol. The highest BCUT2D eigenvalue weighted by Gasteiger charge is 2.89. The summed E-state index contributed by atoms with van der Waals surface area (Å²) in [7, 11) is 6.88. The molecule has 7 bridgehead atoms. The first kappa shape index (κ1) is 30.6. The molecule has 1 aromatic carbocycles. The second kappa shape index (κ2) is 10.7. The molecule has 0 radical (unpaired) electrons. The molecule has 1 N–H and O–H groups in total. The summed E-state index contributed by atoms with van der Waals surface area (Å²) in [6.45, 7) is 5.40. The Kier molecular flexibility index (Phi) is 7.46. The number of carbonyl (C=O) groups excluding carboxylic acids is 2. The van der Waals surface area contributed by atoms with Gasteiger partial charge >= 0.3 is 11.9 Å². The van der Waals surface area contributed by atoms with Gasteiger partial charge in [-0.25, -0.2) is 4.79 Å². The molecule has 14 atom stereocenters. The minimum absolute atomic E-state index is 0.0367. The molecule has 7 rings (SSSR count). The molecule has 1 heterocycles. The van der Waals surface area contributed by atoms with E-state index in [1.165, 1.54) is 6.92 Å². The van der Waals surface area contributed by atoms with Crippen molar-refractivity contribution in [3.63, 3.8) is 0 Å². The first-order chi connectivity index (χ1) is 21.2. The molecule has 1 saturated heterocycles. The van der Waals surface area contributed by atoms with Crippen LogP contribution in [0.5, 0.6) is 0 Å². The van der Waals surface area contributed by atoms with Crippen LogP contribution in [-0.4, -0.2) is 112 Å². The van der Waals surface area contributed by atoms with Gasteiger partial charge in [0.1, 0.15) is 11.7 Å². The number of fused-ring (bicyclic) bond motifs is 2. The first-order valence-corrected chi connectivity index (χ1v) is 16.1. The van der Waals surface area contributed by atoms with E-state index >= 15 is 0 Å². The molecule has 5 aliphatic carbocycles. The van der Waals surface area contributed by atoms with E-state index < -0.39 is 28.6 Å². The fourth-order valence-corrected chi connectivity index (χ4v) is 12.2. The van der Waals surface area contributed by atoms with Crippen LogP contribution in [0.2, 0.25) is 0 Å². The Labute approximate surface area is 259 Å². The number of piperidine rings is 1. The van der Waals surface area contributed by atoms with E-state index in [2.05, 4.69) is 11.8 Å². The summed E-state index contributed by atoms with van der Waals surface area (Å²) >= 11 is 0. The standard InChI is InChI=1S/C34H47NO9/c1-7-35-16-32(17-39-3)23(37)14-24(41-5)34-21-13-20-22(40-4)15-33(44-18(2)36,26(30(34)35)28(42-6)29(32)34)25(21)27(20)43-31(38)19-11-9-8-10-12-19/h8-12,20-30,37H,7,13-17H2,1-6H3/t20-,21-,22+,23-,24+,25-,26?,27+,28+,29-,30?,32+,33-,34?/m1/s1. The van der Waals surface area contributed by atoms with Gasteiger partial charge in [0.15, 0.2) is 0 Å². The van der Waals surface area contributed by atoms with Crippen molar-refractivity contribution in [2.75, 3.05) is 48.1 Å². The third kappa shape index (κ3) is 3.64. The molecule has 1 aliphatic heterocycles. The van der Waals surface area contributed by atoms with Gasteiger partial charge in [0.05, 0.1) is 36.6 Å². The third-order valence-corrected chi connectivity index (χ3v) is 13.0. The van der Waals surface area contributed by atoms with Crippen molar-refractivity contribution in [1.82, 2.24) is 4.90 Å². The summed E-state index contributed by atoms with van der Waals surface area (Å²) in [5.74, 6) is -1.57. The number of nitrogens with zero attached hydrogens (tertiary/aromatic N) is 1. The summed E-state index contributed by atoms with van der Waals surface area (Å²) in [5.41, 5.74) is -1.61. The van der Waals surface area contributed by atoms with Gasteiger partial charge in [0.25, 0.3) is 0 Å². The number of hydrogen-bond acceptors (Lipinski definition) is 10. The number of aliphatic hydroxyl groups excluding tert-OH is 1. The molecule has 242 valence electrons. The number of aliphatic hydroxyl groups is 1. The Morgan fingerprint density at radius 2 is 1.75 bits per heavy atom. The molecule has 1 spiro atoms. The van der Waals surface area contributed by atoms with Gasteiger partial charge in [-0.3, -0.25) is 9.69 Å². The number of ether oxygens (including phenoxy) is 6. The van der Waals surface area contributed by atoms with Crippen molar-refractivity contribution in [2.24, 2.45) is 40.4 Å². The van der Waals surface area contributed by atoms with E-state index in [4.69, 9.17) is 28.4 Å². The largest absolute Gasteiger partial charge is 0.458 e. The third-order valence-electron chi connectivity index (χ3n) is 13.0. The van der Waals surface area contributed by atoms with E-state index in [9.17, 15) is 14.7 Å². The van der Waals surface area contributed by atoms with E-state index in [0.29, 0.717) is 31.6 Å². The van der Waals surface area contributed by atoms with Gasteiger partial charge in [-0.15, -0.1) is 0 Å². The van der Waals surface area contributed by atoms with Crippen LogP contribution in [0.25, 0.3) is 0 Å². The van der Waals surface area contributed by atoms with Gasteiger partial charge in [-0.1, -0.05) is 25.1 Å². The molecule has 1 aromatic rings. The van der Waals surface area contributed by atoms with Gasteiger partial charge < -0.3 is 33.5 Å². The molecular formula is C34H47NO9. The molecule has 5 saturated carbocycles. The van der Waals surface area contributed by atoms with Gasteiger partial charge in [-0.2, -0.15) is 0 Å². The molecule has 44 heavy (non-hydrogen) atoms. The minimum Gasteiger partial charge on any atom is -0.458 e. The zero-order valence-corrected chi connectivity index (χ0v) is 26.6. The number of rotatable bonds is 9. The Hall–Kier alpha value is -2.08. The lowest BCUT2D eigenvalue weighted by molar-refractivity contribution is -0.297. The van der Waals surface area contributed by atoms with Crippen molar-refractivity contribution < 1.29 is 43.1 Å². The Morgan fingerprint density at radius 3 is 2.36 bits per heavy atom. The van der Waals surface area contributed by atoms with Crippen molar-refractivity contribution in [2.45, 2.75) is 75.3 Å². The molecule has 0 aromatic heterocycles. The number of esters is 2. The summed E-state index contributed by atoms with van der Waals surface area (Å²) < 4.78 is 38.3. The summed E-state index contributed by atoms with van der Waals surface area (Å²) in [5, 5.41) is 12.0. The van der Waals surface area contributed by atoms with Crippen LogP contribution in [0, 0.1) is 40.4 Å². The van der Waals surface area contributed by atoms with Crippen molar-refractivity contribution in [3.8, 4) is 0 Å². The van der Waals surface area contributed by atoms with Crippen molar-refractivity contribution >= 4 is 11.9 Å². The zero-order valence-electron chi connectivity index (χ0n) is 26.6. The highest BCUT2D eigenvalue weighted by atomic mass is 16.6. The normalized spacial score (nSPS) is 48.2. The lowest BCUT2D eigenvalue weighted by Crippen LogP contribution is -2.79. The lowest BCUT2D eigenvalue weighted by atomic mass is 9.42. The Morgan fingerprint density at radius 1 is 1.00 bits per heavy atom. The van der Waals surface area contributed by atoms with Crippen LogP contribution in [-0.2, 0) is 33.2 Å². The van der Waals surface area contributed by atoms with Crippen LogP contribution in [0.15, 0.2) is 30.3 Å². The van der Waals surface area contributed by atoms with E-state index in [1.54, 1.807) is 40.6 Å². The van der Waals surface area contributed by atoms with Crippen LogP contribution >= 0.6 is 0 Å². The van der Waals surface area contributed by atoms with E-state index in [1.807, 2.05) is 18.2 Å². The summed E-state index contributed by atoms with van der Waals surface area (Å²) in [6.07, 6.45) is -0.424. The summed E-state index contributed by atoms with van der Waals surface area (Å²) in [6, 6.07) is 9.02. The number of likely N-dealkylation sites (tertiary alicyclic amines) is 1. The summed E-state index contributed by atoms with van der Waals surface area (Å²) in [4.78, 5) is 29.4. The van der Waals surface area contributed by atoms with Crippen LogP contribution in [0.3, 0.4) is 0 Å². The fraction of sp³-hybridized carbons (Fsp3) is 0.765. The molecule has 10 heteroatoms. The molecule has 0 amide bonds. The molecule has 3 unspecified atom stereocenters. The minimum atomic E-state index is -1.01. The quantitative estimate of drug-likeness (QED) is 0.417. The first-order valence-electron chi connectivity index (χ1n) is 16.1. The van der Waals surface area contributed by atoms with Gasteiger partial charge in [0, 0.05) is 95.3 Å². The number of benzene rings is 1. The lowest BCUT2D eigenvalue weighted by Gasteiger charge is -2.70. The fourth-order valence-electron chi connectivity index (χ4n) is 12.2. The maximum Gasteiger partial charge on any atom is 0.338 e.